The van der Waals surface area contributed by atoms with Gasteiger partial charge in [-0.1, -0.05) is 6.07 Å². The summed E-state index contributed by atoms with van der Waals surface area (Å²) in [5.41, 5.74) is 18.4. The molecule has 0 N–H and O–H groups in total. The van der Waals surface area contributed by atoms with Gasteiger partial charge in [0.1, 0.15) is 96.1 Å². The number of rotatable bonds is 4. The van der Waals surface area contributed by atoms with Gasteiger partial charge in [0.25, 0.3) is 0 Å². The molecule has 0 saturated heterocycles. The van der Waals surface area contributed by atoms with Gasteiger partial charge in [0, 0.05) is 115 Å². The Balaban J connectivity index is 0.000000109. The number of aryl methyl sites for hydroxylation is 8. The molecule has 89 heavy (non-hydrogen) atoms. The topological polar surface area (TPSA) is 68.1 Å². The van der Waals surface area contributed by atoms with Crippen molar-refractivity contribution in [3.8, 4) is 45.0 Å². The standard InChI is InChI=1S/C19H14F2NO.3C19H15FNO/c1-11-7-18-16(14-5-3-12(20)8-19(14)23-18)9-15(11)17-6-4-13(21)10-22(17)2;1-12-10-18-14(19-15(20)6-5-8-17(19)22-18)11-13(12)16-7-3-4-9-21(16)2;1-12-9-19-16(15-10-13(20)6-7-18(15)22-19)11-14(12)17-5-3-4-8-21(17)2;1-12-9-18-16(14-7-6-13(20)10-19(14)22-18)11-15(12)17-5-3-4-8-21(17)2/h3-10H,1-2H3;3*3-11H,1-2H3/q4*+1. The second kappa shape index (κ2) is 23.1. The summed E-state index contributed by atoms with van der Waals surface area (Å²) in [6.07, 6.45) is 7.50. The van der Waals surface area contributed by atoms with E-state index in [0.717, 1.165) is 127 Å². The van der Waals surface area contributed by atoms with Crippen LogP contribution < -0.4 is 18.3 Å². The fraction of sp³-hybridized carbons (Fsp3) is 0.105. The van der Waals surface area contributed by atoms with Gasteiger partial charge in [-0.2, -0.15) is 4.57 Å². The van der Waals surface area contributed by atoms with Gasteiger partial charge in [-0.15, -0.1) is 0 Å². The highest BCUT2D eigenvalue weighted by Gasteiger charge is 2.22. The first-order valence-electron chi connectivity index (χ1n) is 28.9. The fourth-order valence-corrected chi connectivity index (χ4v) is 12.0. The van der Waals surface area contributed by atoms with Gasteiger partial charge in [0.05, 0.1) is 5.39 Å². The molecule has 0 aliphatic rings. The second-order valence-electron chi connectivity index (χ2n) is 22.5. The SMILES string of the molecule is Cc1cc2oc3cc(F)ccc3c2cc1-c1ccc(F)c[n+]1C.Cc1cc2oc3cc(F)ccc3c2cc1-c1cccc[n+]1C.Cc1cc2oc3ccc(F)cc3c2cc1-c1cccc[n+]1C.Cc1cc2oc3cccc(F)c3c2cc1-c1cccc[n+]1C. The maximum absolute atomic E-state index is 14.2. The first-order chi connectivity index (χ1) is 42.9. The molecule has 0 aliphatic heterocycles. The average molecular weight is 1190 g/mol. The van der Waals surface area contributed by atoms with Gasteiger partial charge in [0.2, 0.25) is 29.0 Å². The Hall–Kier alpha value is -10.8. The Morgan fingerprint density at radius 2 is 0.629 bits per heavy atom. The lowest BCUT2D eigenvalue weighted by Crippen LogP contribution is -2.31. The zero-order valence-electron chi connectivity index (χ0n) is 50.0. The minimum Gasteiger partial charge on any atom is -0.456 e. The van der Waals surface area contributed by atoms with Crippen LogP contribution in [0.15, 0.2) is 231 Å². The molecule has 0 bridgehead atoms. The summed E-state index contributed by atoms with van der Waals surface area (Å²) in [4.78, 5) is 0. The Labute approximate surface area is 508 Å². The molecule has 0 radical (unpaired) electrons. The predicted octanol–water partition coefficient (Wildman–Crippen LogP) is 18.2. The third kappa shape index (κ3) is 10.9. The number of nitrogens with zero attached hydrogens (tertiary/aromatic N) is 4. The molecule has 0 saturated carbocycles. The predicted molar refractivity (Wildman–Crippen MR) is 340 cm³/mol. The summed E-state index contributed by atoms with van der Waals surface area (Å²) in [5.74, 6) is -1.37. The number of halogens is 5. The third-order valence-corrected chi connectivity index (χ3v) is 16.5. The van der Waals surface area contributed by atoms with E-state index in [1.54, 1.807) is 41.0 Å². The quantitative estimate of drug-likeness (QED) is 0.130. The van der Waals surface area contributed by atoms with Gasteiger partial charge in [-0.3, -0.25) is 0 Å². The van der Waals surface area contributed by atoms with Crippen LogP contribution in [0.5, 0.6) is 0 Å². The highest BCUT2D eigenvalue weighted by Crippen LogP contribution is 2.39. The molecule has 0 fully saturated rings. The van der Waals surface area contributed by atoms with Crippen molar-refractivity contribution in [2.75, 3.05) is 0 Å². The summed E-state index contributed by atoms with van der Waals surface area (Å²) >= 11 is 0. The van der Waals surface area contributed by atoms with Crippen LogP contribution in [0.25, 0.3) is 133 Å². The van der Waals surface area contributed by atoms with E-state index in [-0.39, 0.29) is 29.1 Å². The van der Waals surface area contributed by atoms with E-state index >= 15 is 0 Å². The fourth-order valence-electron chi connectivity index (χ4n) is 12.0. The van der Waals surface area contributed by atoms with Crippen LogP contribution in [0.1, 0.15) is 22.3 Å². The highest BCUT2D eigenvalue weighted by atomic mass is 19.1. The molecule has 16 rings (SSSR count). The van der Waals surface area contributed by atoms with Gasteiger partial charge >= 0.3 is 0 Å². The molecule has 13 heteroatoms. The Morgan fingerprint density at radius 3 is 1.09 bits per heavy atom. The summed E-state index contributed by atoms with van der Waals surface area (Å²) in [6.45, 7) is 8.16. The van der Waals surface area contributed by atoms with E-state index < -0.39 is 0 Å². The first kappa shape index (κ1) is 57.3. The van der Waals surface area contributed by atoms with E-state index in [1.807, 2.05) is 133 Å². The van der Waals surface area contributed by atoms with Gasteiger partial charge in [-0.05, 0) is 177 Å². The lowest BCUT2D eigenvalue weighted by molar-refractivity contribution is -0.662. The van der Waals surface area contributed by atoms with Crippen LogP contribution in [0.4, 0.5) is 22.0 Å². The number of benzene rings is 8. The van der Waals surface area contributed by atoms with Crippen LogP contribution in [-0.2, 0) is 28.2 Å². The number of hydrogen-bond donors (Lipinski definition) is 0. The van der Waals surface area contributed by atoms with Crippen molar-refractivity contribution >= 4 is 87.8 Å². The summed E-state index contributed by atoms with van der Waals surface area (Å²) < 4.78 is 99.0. The molecule has 0 aliphatic carbocycles. The molecule has 0 amide bonds. The van der Waals surface area contributed by atoms with Crippen molar-refractivity contribution in [2.24, 2.45) is 28.2 Å². The van der Waals surface area contributed by atoms with Crippen molar-refractivity contribution in [2.45, 2.75) is 27.7 Å². The summed E-state index contributed by atoms with van der Waals surface area (Å²) in [7, 11) is 7.87. The zero-order chi connectivity index (χ0) is 61.9. The summed E-state index contributed by atoms with van der Waals surface area (Å²) in [5, 5.41) is 6.87. The summed E-state index contributed by atoms with van der Waals surface area (Å²) in [6, 6.07) is 56.5. The minimum absolute atomic E-state index is 0.247. The molecular weight excluding hydrogens is 1130 g/mol. The monoisotopic (exact) mass is 1190 g/mol. The van der Waals surface area contributed by atoms with Crippen LogP contribution in [0.2, 0.25) is 0 Å². The number of pyridine rings is 4. The normalized spacial score (nSPS) is 11.4. The largest absolute Gasteiger partial charge is 0.456 e. The molecule has 8 aromatic heterocycles. The van der Waals surface area contributed by atoms with Crippen molar-refractivity contribution in [3.05, 3.63) is 264 Å². The first-order valence-corrected chi connectivity index (χ1v) is 28.9. The maximum atomic E-state index is 14.2. The van der Waals surface area contributed by atoms with Crippen LogP contribution in [-0.4, -0.2) is 0 Å². The molecule has 0 atom stereocenters. The second-order valence-corrected chi connectivity index (χ2v) is 22.5. The van der Waals surface area contributed by atoms with Crippen molar-refractivity contribution < 1.29 is 57.9 Å². The Morgan fingerprint density at radius 1 is 0.270 bits per heavy atom. The molecule has 0 unspecified atom stereocenters. The third-order valence-electron chi connectivity index (χ3n) is 16.5. The number of fused-ring (bicyclic) bond motifs is 12. The zero-order valence-corrected chi connectivity index (χ0v) is 50.0. The number of hydrogen-bond acceptors (Lipinski definition) is 4. The molecule has 8 nitrogen and oxygen atoms in total. The van der Waals surface area contributed by atoms with E-state index in [9.17, 15) is 22.0 Å². The smallest absolute Gasteiger partial charge is 0.212 e. The van der Waals surface area contributed by atoms with Crippen molar-refractivity contribution in [1.29, 1.82) is 0 Å². The van der Waals surface area contributed by atoms with E-state index in [1.165, 1.54) is 54.7 Å². The van der Waals surface area contributed by atoms with Gasteiger partial charge in [0.15, 0.2) is 24.4 Å². The van der Waals surface area contributed by atoms with E-state index in [2.05, 4.69) is 57.9 Å². The van der Waals surface area contributed by atoms with Crippen molar-refractivity contribution in [1.82, 2.24) is 0 Å². The van der Waals surface area contributed by atoms with Gasteiger partial charge < -0.3 is 17.7 Å². The van der Waals surface area contributed by atoms with E-state index in [4.69, 9.17) is 17.7 Å². The molecule has 8 heterocycles. The van der Waals surface area contributed by atoms with Crippen LogP contribution >= 0.6 is 0 Å². The Bertz CT molecular complexity index is 5460. The lowest BCUT2D eigenvalue weighted by atomic mass is 10.0. The van der Waals surface area contributed by atoms with Crippen LogP contribution in [0.3, 0.4) is 0 Å². The van der Waals surface area contributed by atoms with Crippen molar-refractivity contribution in [3.63, 3.8) is 0 Å². The lowest BCUT2D eigenvalue weighted by Gasteiger charge is -2.04. The maximum Gasteiger partial charge on any atom is 0.212 e. The molecule has 0 spiro atoms. The average Bonchev–Trinajstić information content (AvgIpc) is 1.99. The molecule has 8 aromatic carbocycles. The van der Waals surface area contributed by atoms with E-state index in [0.29, 0.717) is 27.7 Å². The number of furan rings is 4. The molecular formula is C76H59F5N4O4+4. The Kier molecular flexibility index (Phi) is 14.9. The van der Waals surface area contributed by atoms with Crippen LogP contribution in [0, 0.1) is 56.8 Å². The number of aromatic nitrogens is 4. The van der Waals surface area contributed by atoms with Gasteiger partial charge in [-0.25, -0.2) is 35.7 Å². The molecule has 16 aromatic rings. The molecule has 438 valence electrons. The minimum atomic E-state index is -0.321. The highest BCUT2D eigenvalue weighted by molar-refractivity contribution is 6.09.